The first-order valence-electron chi connectivity index (χ1n) is 5.87. The highest BCUT2D eigenvalue weighted by atomic mass is 35.5. The Bertz CT molecular complexity index is 671. The lowest BCUT2D eigenvalue weighted by molar-refractivity contribution is -0.389. The van der Waals surface area contributed by atoms with Crippen molar-refractivity contribution in [2.75, 3.05) is 13.2 Å². The van der Waals surface area contributed by atoms with Crippen LogP contribution in [0.4, 0.5) is 5.82 Å². The summed E-state index contributed by atoms with van der Waals surface area (Å²) in [6, 6.07) is 3.56. The summed E-state index contributed by atoms with van der Waals surface area (Å²) in [6.45, 7) is 1.36. The van der Waals surface area contributed by atoms with Gasteiger partial charge in [0.25, 0.3) is 0 Å². The summed E-state index contributed by atoms with van der Waals surface area (Å²) in [5.41, 5.74) is 0.853. The molecule has 1 aromatic carbocycles. The van der Waals surface area contributed by atoms with Crippen molar-refractivity contribution < 1.29 is 14.4 Å². The van der Waals surface area contributed by atoms with Crippen molar-refractivity contribution in [1.82, 2.24) is 9.55 Å². The standard InChI is InChI=1S/C12H10ClN3O4/c13-9-3-8(4-10-12(9)20-2-1-19-10)5-15-6-11(14-7-15)16(17)18/h3-4,6-7H,1-2,5H2. The van der Waals surface area contributed by atoms with Gasteiger partial charge in [-0.25, -0.2) is 0 Å². The molecule has 0 amide bonds. The molecule has 0 bridgehead atoms. The molecule has 2 aromatic rings. The average molecular weight is 296 g/mol. The number of nitrogens with zero attached hydrogens (tertiary/aromatic N) is 3. The molecule has 0 saturated heterocycles. The molecule has 104 valence electrons. The average Bonchev–Trinajstić information content (AvgIpc) is 2.87. The SMILES string of the molecule is O=[N+]([O-])c1cn(Cc2cc(Cl)c3c(c2)OCCO3)cn1. The summed E-state index contributed by atoms with van der Waals surface area (Å²) < 4.78 is 12.5. The second-order valence-electron chi connectivity index (χ2n) is 4.26. The van der Waals surface area contributed by atoms with Crippen LogP contribution in [0.25, 0.3) is 0 Å². The number of rotatable bonds is 3. The van der Waals surface area contributed by atoms with Crippen LogP contribution < -0.4 is 9.47 Å². The lowest BCUT2D eigenvalue weighted by atomic mass is 10.2. The number of nitro groups is 1. The Morgan fingerprint density at radius 1 is 1.40 bits per heavy atom. The van der Waals surface area contributed by atoms with Crippen molar-refractivity contribution in [2.45, 2.75) is 6.54 Å². The third-order valence-electron chi connectivity index (χ3n) is 2.83. The van der Waals surface area contributed by atoms with Crippen LogP contribution in [0.15, 0.2) is 24.7 Å². The molecule has 7 nitrogen and oxygen atoms in total. The van der Waals surface area contributed by atoms with Crippen LogP contribution >= 0.6 is 11.6 Å². The van der Waals surface area contributed by atoms with Gasteiger partial charge in [-0.1, -0.05) is 11.6 Å². The molecule has 0 saturated carbocycles. The summed E-state index contributed by atoms with van der Waals surface area (Å²) in [7, 11) is 0. The number of aromatic nitrogens is 2. The molecule has 1 aromatic heterocycles. The minimum atomic E-state index is -0.534. The van der Waals surface area contributed by atoms with Crippen LogP contribution in [0.2, 0.25) is 5.02 Å². The van der Waals surface area contributed by atoms with Crippen molar-refractivity contribution in [3.8, 4) is 11.5 Å². The molecule has 20 heavy (non-hydrogen) atoms. The minimum absolute atomic E-state index is 0.186. The number of fused-ring (bicyclic) bond motifs is 1. The normalized spacial score (nSPS) is 13.2. The zero-order valence-corrected chi connectivity index (χ0v) is 11.0. The quantitative estimate of drug-likeness (QED) is 0.641. The van der Waals surface area contributed by atoms with Crippen LogP contribution in [0.1, 0.15) is 5.56 Å². The van der Waals surface area contributed by atoms with Gasteiger partial charge < -0.3 is 24.2 Å². The number of hydrogen-bond acceptors (Lipinski definition) is 5. The summed E-state index contributed by atoms with van der Waals surface area (Å²) in [5, 5.41) is 11.0. The Morgan fingerprint density at radius 3 is 2.95 bits per heavy atom. The van der Waals surface area contributed by atoms with Gasteiger partial charge in [-0.3, -0.25) is 0 Å². The van der Waals surface area contributed by atoms with Gasteiger partial charge >= 0.3 is 5.82 Å². The van der Waals surface area contributed by atoms with E-state index in [1.54, 1.807) is 10.6 Å². The van der Waals surface area contributed by atoms with Crippen LogP contribution in [-0.2, 0) is 6.54 Å². The first-order valence-corrected chi connectivity index (χ1v) is 6.25. The molecule has 8 heteroatoms. The second-order valence-corrected chi connectivity index (χ2v) is 4.67. The first kappa shape index (κ1) is 12.7. The fourth-order valence-corrected chi connectivity index (χ4v) is 2.28. The van der Waals surface area contributed by atoms with E-state index in [0.717, 1.165) is 5.56 Å². The second kappa shape index (κ2) is 5.01. The Labute approximate surface area is 118 Å². The molecular formula is C12H10ClN3O4. The summed E-state index contributed by atoms with van der Waals surface area (Å²) >= 11 is 6.13. The van der Waals surface area contributed by atoms with E-state index in [9.17, 15) is 10.1 Å². The van der Waals surface area contributed by atoms with Crippen molar-refractivity contribution in [3.05, 3.63) is 45.4 Å². The maximum atomic E-state index is 10.6. The van der Waals surface area contributed by atoms with Crippen molar-refractivity contribution in [1.29, 1.82) is 0 Å². The maximum Gasteiger partial charge on any atom is 0.381 e. The van der Waals surface area contributed by atoms with Gasteiger partial charge in [0, 0.05) is 0 Å². The number of benzene rings is 1. The maximum absolute atomic E-state index is 10.6. The van der Waals surface area contributed by atoms with Crippen LogP contribution in [-0.4, -0.2) is 27.7 Å². The molecule has 2 heterocycles. The van der Waals surface area contributed by atoms with Gasteiger partial charge in [0.1, 0.15) is 19.4 Å². The molecule has 0 atom stereocenters. The Balaban J connectivity index is 1.86. The van der Waals surface area contributed by atoms with Crippen molar-refractivity contribution in [3.63, 3.8) is 0 Å². The van der Waals surface area contributed by atoms with Gasteiger partial charge in [0.15, 0.2) is 11.5 Å². The zero-order valence-electron chi connectivity index (χ0n) is 10.3. The van der Waals surface area contributed by atoms with Gasteiger partial charge in [-0.2, -0.15) is 0 Å². The predicted molar refractivity (Wildman–Crippen MR) is 70.4 cm³/mol. The van der Waals surface area contributed by atoms with Crippen LogP contribution in [0, 0.1) is 10.1 Å². The molecule has 0 fully saturated rings. The fraction of sp³-hybridized carbons (Fsp3) is 0.250. The summed E-state index contributed by atoms with van der Waals surface area (Å²) in [4.78, 5) is 13.7. The third kappa shape index (κ3) is 2.39. The van der Waals surface area contributed by atoms with Crippen molar-refractivity contribution >= 4 is 17.4 Å². The largest absolute Gasteiger partial charge is 0.486 e. The summed E-state index contributed by atoms with van der Waals surface area (Å²) in [5.74, 6) is 0.945. The summed E-state index contributed by atoms with van der Waals surface area (Å²) in [6.07, 6.45) is 2.77. The molecule has 0 N–H and O–H groups in total. The molecule has 0 spiro atoms. The van der Waals surface area contributed by atoms with Crippen molar-refractivity contribution in [2.24, 2.45) is 0 Å². The fourth-order valence-electron chi connectivity index (χ4n) is 2.00. The lowest BCUT2D eigenvalue weighted by Gasteiger charge is -2.20. The number of imidazole rings is 1. The highest BCUT2D eigenvalue weighted by Crippen LogP contribution is 2.38. The van der Waals surface area contributed by atoms with E-state index in [1.165, 1.54) is 12.5 Å². The monoisotopic (exact) mass is 295 g/mol. The van der Waals surface area contributed by atoms with E-state index in [2.05, 4.69) is 4.98 Å². The zero-order chi connectivity index (χ0) is 14.1. The van der Waals surface area contributed by atoms with E-state index in [0.29, 0.717) is 36.3 Å². The molecule has 1 aliphatic rings. The number of ether oxygens (including phenoxy) is 2. The molecule has 0 aliphatic carbocycles. The van der Waals surface area contributed by atoms with Gasteiger partial charge in [0.05, 0.1) is 11.6 Å². The molecule has 1 aliphatic heterocycles. The topological polar surface area (TPSA) is 79.4 Å². The Kier molecular flexibility index (Phi) is 3.19. The number of hydrogen-bond donors (Lipinski definition) is 0. The highest BCUT2D eigenvalue weighted by Gasteiger charge is 2.17. The molecule has 0 radical (unpaired) electrons. The first-order chi connectivity index (χ1) is 9.63. The van der Waals surface area contributed by atoms with Gasteiger partial charge in [-0.15, -0.1) is 0 Å². The van der Waals surface area contributed by atoms with E-state index < -0.39 is 4.92 Å². The van der Waals surface area contributed by atoms with Crippen LogP contribution in [0.5, 0.6) is 11.5 Å². The van der Waals surface area contributed by atoms with E-state index in [-0.39, 0.29) is 5.82 Å². The Morgan fingerprint density at radius 2 is 2.20 bits per heavy atom. The molecule has 3 rings (SSSR count). The predicted octanol–water partition coefficient (Wildman–Crippen LogP) is 2.26. The van der Waals surface area contributed by atoms with Crippen LogP contribution in [0.3, 0.4) is 0 Å². The van der Waals surface area contributed by atoms with Gasteiger partial charge in [-0.05, 0) is 27.6 Å². The number of halogens is 1. The highest BCUT2D eigenvalue weighted by molar-refractivity contribution is 6.32. The third-order valence-corrected chi connectivity index (χ3v) is 3.11. The van der Waals surface area contributed by atoms with E-state index >= 15 is 0 Å². The molecule has 0 unspecified atom stereocenters. The minimum Gasteiger partial charge on any atom is -0.486 e. The van der Waals surface area contributed by atoms with E-state index in [4.69, 9.17) is 21.1 Å². The van der Waals surface area contributed by atoms with E-state index in [1.807, 2.05) is 6.07 Å². The Hall–Kier alpha value is -2.28. The smallest absolute Gasteiger partial charge is 0.381 e. The van der Waals surface area contributed by atoms with Gasteiger partial charge in [0.2, 0.25) is 6.33 Å². The molecular weight excluding hydrogens is 286 g/mol. The lowest BCUT2D eigenvalue weighted by Crippen LogP contribution is -2.16.